The van der Waals surface area contributed by atoms with E-state index in [1.807, 2.05) is 24.3 Å². The highest BCUT2D eigenvalue weighted by Gasteiger charge is 2.17. The molecule has 0 aliphatic heterocycles. The Hall–Kier alpha value is -0.580. The molecule has 104 valence electrons. The van der Waals surface area contributed by atoms with Crippen LogP contribution in [0.4, 0.5) is 0 Å². The fraction of sp³-hybridized carbons (Fsp3) is 0.294. The highest BCUT2D eigenvalue weighted by atomic mass is 127. The van der Waals surface area contributed by atoms with Crippen molar-refractivity contribution in [1.82, 2.24) is 0 Å². The van der Waals surface area contributed by atoms with E-state index < -0.39 is 6.10 Å². The van der Waals surface area contributed by atoms with E-state index in [2.05, 4.69) is 34.7 Å². The van der Waals surface area contributed by atoms with Crippen molar-refractivity contribution in [1.29, 1.82) is 0 Å². The summed E-state index contributed by atoms with van der Waals surface area (Å²) >= 11 is 8.29. The Morgan fingerprint density at radius 3 is 2.55 bits per heavy atom. The van der Waals surface area contributed by atoms with E-state index in [1.54, 1.807) is 0 Å². The van der Waals surface area contributed by atoms with Crippen molar-refractivity contribution >= 4 is 34.2 Å². The number of halogens is 2. The van der Waals surface area contributed by atoms with Crippen molar-refractivity contribution in [3.63, 3.8) is 0 Å². The summed E-state index contributed by atoms with van der Waals surface area (Å²) in [6.07, 6.45) is 4.22. The van der Waals surface area contributed by atoms with Gasteiger partial charge in [0.2, 0.25) is 0 Å². The number of hydrogen-bond acceptors (Lipinski definition) is 1. The third-order valence-corrected chi connectivity index (χ3v) is 5.16. The van der Waals surface area contributed by atoms with Gasteiger partial charge in [-0.3, -0.25) is 0 Å². The van der Waals surface area contributed by atoms with E-state index >= 15 is 0 Å². The number of aliphatic hydroxyl groups is 1. The average Bonchev–Trinajstić information content (AvgIpc) is 2.48. The maximum atomic E-state index is 10.6. The van der Waals surface area contributed by atoms with Gasteiger partial charge in [0.25, 0.3) is 0 Å². The van der Waals surface area contributed by atoms with Crippen LogP contribution in [-0.2, 0) is 12.8 Å². The lowest BCUT2D eigenvalue weighted by Crippen LogP contribution is -2.07. The van der Waals surface area contributed by atoms with Crippen molar-refractivity contribution in [2.24, 2.45) is 0 Å². The minimum Gasteiger partial charge on any atom is -0.384 e. The zero-order valence-corrected chi connectivity index (χ0v) is 14.0. The van der Waals surface area contributed by atoms with Gasteiger partial charge in [0.05, 0.1) is 0 Å². The molecule has 1 aliphatic rings. The van der Waals surface area contributed by atoms with Gasteiger partial charge in [-0.15, -0.1) is 0 Å². The topological polar surface area (TPSA) is 20.2 Å². The first-order chi connectivity index (χ1) is 9.65. The van der Waals surface area contributed by atoms with Crippen molar-refractivity contribution < 1.29 is 5.11 Å². The maximum Gasteiger partial charge on any atom is 0.105 e. The highest BCUT2D eigenvalue weighted by molar-refractivity contribution is 14.1. The molecule has 1 aliphatic carbocycles. The van der Waals surface area contributed by atoms with E-state index in [-0.39, 0.29) is 0 Å². The Morgan fingerprint density at radius 2 is 1.75 bits per heavy atom. The van der Waals surface area contributed by atoms with E-state index in [0.29, 0.717) is 5.02 Å². The van der Waals surface area contributed by atoms with Crippen LogP contribution in [0.2, 0.25) is 5.02 Å². The highest BCUT2D eigenvalue weighted by Crippen LogP contribution is 2.31. The Labute approximate surface area is 138 Å². The Kier molecular flexibility index (Phi) is 4.34. The summed E-state index contributed by atoms with van der Waals surface area (Å²) in [6.45, 7) is 0. The molecule has 0 spiro atoms. The number of benzene rings is 2. The molecule has 0 fully saturated rings. The summed E-state index contributed by atoms with van der Waals surface area (Å²) < 4.78 is 1.04. The molecule has 2 aromatic carbocycles. The molecule has 0 radical (unpaired) electrons. The van der Waals surface area contributed by atoms with Crippen LogP contribution in [0.3, 0.4) is 0 Å². The third kappa shape index (κ3) is 2.87. The lowest BCUT2D eigenvalue weighted by Gasteiger charge is -2.19. The van der Waals surface area contributed by atoms with Crippen LogP contribution in [0, 0.1) is 3.57 Å². The molecule has 20 heavy (non-hydrogen) atoms. The third-order valence-electron chi connectivity index (χ3n) is 3.94. The second-order valence-electron chi connectivity index (χ2n) is 5.30. The Balaban J connectivity index is 1.97. The van der Waals surface area contributed by atoms with Crippen molar-refractivity contribution in [3.05, 3.63) is 67.2 Å². The summed E-state index contributed by atoms with van der Waals surface area (Å²) in [5, 5.41) is 11.3. The zero-order valence-electron chi connectivity index (χ0n) is 11.1. The molecule has 2 aromatic rings. The normalized spacial score (nSPS) is 15.8. The SMILES string of the molecule is OC(c1ccc2c(c1)CCCC2)c1cc(Cl)ccc1I. The van der Waals surface area contributed by atoms with Crippen LogP contribution >= 0.6 is 34.2 Å². The van der Waals surface area contributed by atoms with Gasteiger partial charge in [-0.2, -0.15) is 0 Å². The molecule has 0 saturated heterocycles. The number of rotatable bonds is 2. The van der Waals surface area contributed by atoms with Crippen LogP contribution in [0.15, 0.2) is 36.4 Å². The predicted molar refractivity (Wildman–Crippen MR) is 91.3 cm³/mol. The van der Waals surface area contributed by atoms with Crippen LogP contribution in [0.25, 0.3) is 0 Å². The van der Waals surface area contributed by atoms with Gasteiger partial charge in [0.15, 0.2) is 0 Å². The van der Waals surface area contributed by atoms with Crippen LogP contribution in [-0.4, -0.2) is 5.11 Å². The molecule has 1 unspecified atom stereocenters. The fourth-order valence-electron chi connectivity index (χ4n) is 2.83. The number of aryl methyl sites for hydroxylation is 2. The molecule has 0 aromatic heterocycles. The smallest absolute Gasteiger partial charge is 0.105 e. The zero-order chi connectivity index (χ0) is 14.1. The molecule has 3 heteroatoms. The van der Waals surface area contributed by atoms with Gasteiger partial charge < -0.3 is 5.11 Å². The molecule has 0 heterocycles. The molecule has 0 saturated carbocycles. The quantitative estimate of drug-likeness (QED) is 0.713. The van der Waals surface area contributed by atoms with E-state index in [4.69, 9.17) is 11.6 Å². The summed E-state index contributed by atoms with van der Waals surface area (Å²) in [4.78, 5) is 0. The second kappa shape index (κ2) is 6.04. The predicted octanol–water partition coefficient (Wildman–Crippen LogP) is 4.91. The van der Waals surface area contributed by atoms with Gasteiger partial charge in [-0.05, 0) is 88.7 Å². The molecule has 1 nitrogen and oxygen atoms in total. The van der Waals surface area contributed by atoms with Gasteiger partial charge in [-0.1, -0.05) is 29.8 Å². The van der Waals surface area contributed by atoms with Crippen molar-refractivity contribution in [2.45, 2.75) is 31.8 Å². The van der Waals surface area contributed by atoms with Gasteiger partial charge >= 0.3 is 0 Å². The average molecular weight is 399 g/mol. The Bertz CT molecular complexity index is 639. The largest absolute Gasteiger partial charge is 0.384 e. The van der Waals surface area contributed by atoms with Crippen molar-refractivity contribution in [2.75, 3.05) is 0 Å². The lowest BCUT2D eigenvalue weighted by atomic mass is 9.88. The summed E-state index contributed by atoms with van der Waals surface area (Å²) in [5.41, 5.74) is 4.68. The van der Waals surface area contributed by atoms with Crippen LogP contribution < -0.4 is 0 Å². The Morgan fingerprint density at radius 1 is 1.00 bits per heavy atom. The first-order valence-electron chi connectivity index (χ1n) is 6.90. The van der Waals surface area contributed by atoms with E-state index in [1.165, 1.54) is 30.4 Å². The number of fused-ring (bicyclic) bond motifs is 1. The summed E-state index contributed by atoms with van der Waals surface area (Å²) in [7, 11) is 0. The van der Waals surface area contributed by atoms with Gasteiger partial charge in [0.1, 0.15) is 6.10 Å². The van der Waals surface area contributed by atoms with E-state index in [0.717, 1.165) is 21.1 Å². The molecule has 0 amide bonds. The van der Waals surface area contributed by atoms with Gasteiger partial charge in [-0.25, -0.2) is 0 Å². The minimum absolute atomic E-state index is 0.604. The molecular formula is C17H16ClIO. The molecule has 1 atom stereocenters. The number of hydrogen-bond donors (Lipinski definition) is 1. The standard InChI is InChI=1S/C17H16ClIO/c18-14-7-8-16(19)15(10-14)17(20)13-6-5-11-3-1-2-4-12(11)9-13/h5-10,17,20H,1-4H2. The fourth-order valence-corrected chi connectivity index (χ4v) is 3.64. The summed E-state index contributed by atoms with van der Waals surface area (Å²) in [6, 6.07) is 12.0. The summed E-state index contributed by atoms with van der Waals surface area (Å²) in [5.74, 6) is 0. The first-order valence-corrected chi connectivity index (χ1v) is 8.35. The number of aliphatic hydroxyl groups excluding tert-OH is 1. The molecule has 1 N–H and O–H groups in total. The monoisotopic (exact) mass is 398 g/mol. The molecule has 0 bridgehead atoms. The lowest BCUT2D eigenvalue weighted by molar-refractivity contribution is 0.219. The van der Waals surface area contributed by atoms with Crippen LogP contribution in [0.5, 0.6) is 0 Å². The molecule has 3 rings (SSSR count). The van der Waals surface area contributed by atoms with Gasteiger partial charge in [0, 0.05) is 8.59 Å². The maximum absolute atomic E-state index is 10.6. The van der Waals surface area contributed by atoms with E-state index in [9.17, 15) is 5.11 Å². The van der Waals surface area contributed by atoms with Crippen LogP contribution in [0.1, 0.15) is 41.2 Å². The molecular weight excluding hydrogens is 383 g/mol. The first kappa shape index (κ1) is 14.4. The minimum atomic E-state index is -0.604. The van der Waals surface area contributed by atoms with Crippen molar-refractivity contribution in [3.8, 4) is 0 Å². The second-order valence-corrected chi connectivity index (χ2v) is 6.90.